The zero-order chi connectivity index (χ0) is 20.0. The van der Waals surface area contributed by atoms with Gasteiger partial charge >= 0.3 is 6.09 Å². The molecule has 0 bridgehead atoms. The normalized spacial score (nSPS) is 14.4. The molecule has 2 rings (SSSR count). The number of hydrogen-bond donors (Lipinski definition) is 1. The lowest BCUT2D eigenvalue weighted by Gasteiger charge is -2.31. The number of nitrogens with one attached hydrogen (secondary N) is 1. The van der Waals surface area contributed by atoms with Crippen LogP contribution in [-0.4, -0.2) is 61.8 Å². The molecule has 1 aliphatic heterocycles. The number of methoxy groups -OCH3 is 2. The van der Waals surface area contributed by atoms with Crippen LogP contribution in [0.5, 0.6) is 11.5 Å². The molecule has 0 saturated carbocycles. The molecule has 2 amide bonds. The van der Waals surface area contributed by atoms with Crippen molar-refractivity contribution >= 4 is 17.7 Å². The van der Waals surface area contributed by atoms with Crippen molar-refractivity contribution in [2.75, 3.05) is 33.9 Å². The van der Waals surface area contributed by atoms with Crippen LogP contribution >= 0.6 is 0 Å². The number of nitrogens with zero attached hydrogens (tertiary/aromatic N) is 2. The van der Waals surface area contributed by atoms with E-state index in [-0.39, 0.29) is 34.9 Å². The van der Waals surface area contributed by atoms with Gasteiger partial charge in [-0.15, -0.1) is 0 Å². The summed E-state index contributed by atoms with van der Waals surface area (Å²) in [7, 11) is 2.75. The number of nitro benzene ring substituents is 1. The van der Waals surface area contributed by atoms with E-state index < -0.39 is 10.8 Å². The van der Waals surface area contributed by atoms with Crippen molar-refractivity contribution in [2.45, 2.75) is 25.8 Å². The highest BCUT2D eigenvalue weighted by Crippen LogP contribution is 2.34. The number of piperidine rings is 1. The van der Waals surface area contributed by atoms with Gasteiger partial charge in [0.25, 0.3) is 11.6 Å². The number of rotatable bonds is 6. The lowest BCUT2D eigenvalue weighted by molar-refractivity contribution is -0.385. The zero-order valence-corrected chi connectivity index (χ0v) is 15.5. The summed E-state index contributed by atoms with van der Waals surface area (Å²) in [5.74, 6) is -0.175. The number of nitro groups is 1. The molecule has 1 aliphatic rings. The van der Waals surface area contributed by atoms with Crippen LogP contribution in [-0.2, 0) is 4.74 Å². The van der Waals surface area contributed by atoms with Crippen molar-refractivity contribution in [2.24, 2.45) is 0 Å². The summed E-state index contributed by atoms with van der Waals surface area (Å²) in [4.78, 5) is 36.6. The second-order valence-electron chi connectivity index (χ2n) is 5.92. The predicted molar refractivity (Wildman–Crippen MR) is 95.3 cm³/mol. The van der Waals surface area contributed by atoms with Gasteiger partial charge in [-0.3, -0.25) is 14.9 Å². The second-order valence-corrected chi connectivity index (χ2v) is 5.92. The standard InChI is InChI=1S/C17H23N3O7/c1-4-27-17(22)19-7-5-11(6-8-19)18-16(21)12-9-14(25-2)15(26-3)10-13(12)20(23)24/h9-11H,4-8H2,1-3H3,(H,18,21). The Hall–Kier alpha value is -3.04. The van der Waals surface area contributed by atoms with Gasteiger partial charge in [-0.25, -0.2) is 4.79 Å². The van der Waals surface area contributed by atoms with E-state index in [2.05, 4.69) is 5.32 Å². The van der Waals surface area contributed by atoms with Gasteiger partial charge in [-0.1, -0.05) is 0 Å². The molecule has 10 nitrogen and oxygen atoms in total. The topological polar surface area (TPSA) is 120 Å². The van der Waals surface area contributed by atoms with Gasteiger partial charge in [-0.2, -0.15) is 0 Å². The minimum absolute atomic E-state index is 0.106. The summed E-state index contributed by atoms with van der Waals surface area (Å²) in [5, 5.41) is 14.1. The summed E-state index contributed by atoms with van der Waals surface area (Å²) in [6.07, 6.45) is 0.690. The number of ether oxygens (including phenoxy) is 3. The highest BCUT2D eigenvalue weighted by atomic mass is 16.6. The molecular formula is C17H23N3O7. The SMILES string of the molecule is CCOC(=O)N1CCC(NC(=O)c2cc(OC)c(OC)cc2[N+](=O)[O-])CC1. The van der Waals surface area contributed by atoms with Gasteiger partial charge in [0, 0.05) is 25.2 Å². The molecule has 1 aromatic carbocycles. The number of carbonyl (C=O) groups excluding carboxylic acids is 2. The van der Waals surface area contributed by atoms with Crippen LogP contribution in [0.4, 0.5) is 10.5 Å². The molecule has 0 unspecified atom stereocenters. The Morgan fingerprint density at radius 2 is 1.81 bits per heavy atom. The van der Waals surface area contributed by atoms with Crippen LogP contribution < -0.4 is 14.8 Å². The Bertz CT molecular complexity index is 715. The number of likely N-dealkylation sites (tertiary alicyclic amines) is 1. The number of amides is 2. The first-order valence-corrected chi connectivity index (χ1v) is 8.54. The molecule has 0 aromatic heterocycles. The Morgan fingerprint density at radius 3 is 2.33 bits per heavy atom. The fraction of sp³-hybridized carbons (Fsp3) is 0.529. The fourth-order valence-corrected chi connectivity index (χ4v) is 2.89. The highest BCUT2D eigenvalue weighted by molar-refractivity contribution is 5.99. The molecule has 148 valence electrons. The first-order valence-electron chi connectivity index (χ1n) is 8.54. The van der Waals surface area contributed by atoms with Crippen molar-refractivity contribution < 1.29 is 28.7 Å². The van der Waals surface area contributed by atoms with Gasteiger partial charge < -0.3 is 24.4 Å². The minimum atomic E-state index is -0.639. The minimum Gasteiger partial charge on any atom is -0.493 e. The molecule has 1 fully saturated rings. The summed E-state index contributed by atoms with van der Waals surface area (Å²) in [6.45, 7) is 2.93. The van der Waals surface area contributed by atoms with Gasteiger partial charge in [-0.05, 0) is 19.8 Å². The average molecular weight is 381 g/mol. The highest BCUT2D eigenvalue weighted by Gasteiger charge is 2.28. The van der Waals surface area contributed by atoms with E-state index >= 15 is 0 Å². The molecule has 1 N–H and O–H groups in total. The van der Waals surface area contributed by atoms with Crippen LogP contribution in [0.2, 0.25) is 0 Å². The van der Waals surface area contributed by atoms with Crippen molar-refractivity contribution in [1.29, 1.82) is 0 Å². The summed E-state index contributed by atoms with van der Waals surface area (Å²) in [5.41, 5.74) is -0.473. The van der Waals surface area contributed by atoms with Crippen molar-refractivity contribution in [3.63, 3.8) is 0 Å². The van der Waals surface area contributed by atoms with E-state index in [1.807, 2.05) is 0 Å². The molecule has 0 aliphatic carbocycles. The van der Waals surface area contributed by atoms with Crippen molar-refractivity contribution in [1.82, 2.24) is 10.2 Å². The molecule has 10 heteroatoms. The average Bonchev–Trinajstić information content (AvgIpc) is 2.67. The van der Waals surface area contributed by atoms with Crippen molar-refractivity contribution in [3.05, 3.63) is 27.8 Å². The second kappa shape index (κ2) is 9.06. The van der Waals surface area contributed by atoms with E-state index in [1.54, 1.807) is 11.8 Å². The maximum atomic E-state index is 12.6. The number of hydrogen-bond acceptors (Lipinski definition) is 7. The Morgan fingerprint density at radius 1 is 1.22 bits per heavy atom. The maximum Gasteiger partial charge on any atom is 0.409 e. The molecule has 0 spiro atoms. The molecule has 1 saturated heterocycles. The lowest BCUT2D eigenvalue weighted by atomic mass is 10.0. The monoisotopic (exact) mass is 381 g/mol. The fourth-order valence-electron chi connectivity index (χ4n) is 2.89. The van der Waals surface area contributed by atoms with Crippen LogP contribution in [0, 0.1) is 10.1 Å². The van der Waals surface area contributed by atoms with E-state index in [9.17, 15) is 19.7 Å². The van der Waals surface area contributed by atoms with Crippen LogP contribution in [0.1, 0.15) is 30.1 Å². The van der Waals surface area contributed by atoms with Gasteiger partial charge in [0.05, 0.1) is 31.8 Å². The largest absolute Gasteiger partial charge is 0.493 e. The zero-order valence-electron chi connectivity index (χ0n) is 15.5. The summed E-state index contributed by atoms with van der Waals surface area (Å²) in [6, 6.07) is 2.26. The lowest BCUT2D eigenvalue weighted by Crippen LogP contribution is -2.46. The van der Waals surface area contributed by atoms with E-state index in [0.717, 1.165) is 6.07 Å². The van der Waals surface area contributed by atoms with Gasteiger partial charge in [0.15, 0.2) is 11.5 Å². The Labute approximate surface area is 156 Å². The summed E-state index contributed by atoms with van der Waals surface area (Å²) < 4.78 is 15.1. The quantitative estimate of drug-likeness (QED) is 0.591. The molecule has 0 atom stereocenters. The van der Waals surface area contributed by atoms with Gasteiger partial charge in [0.2, 0.25) is 0 Å². The molecule has 0 radical (unpaired) electrons. The smallest absolute Gasteiger partial charge is 0.409 e. The van der Waals surface area contributed by atoms with Crippen molar-refractivity contribution in [3.8, 4) is 11.5 Å². The van der Waals surface area contributed by atoms with E-state index in [1.165, 1.54) is 20.3 Å². The van der Waals surface area contributed by atoms with Crippen LogP contribution in [0.3, 0.4) is 0 Å². The molecule has 1 aromatic rings. The molecule has 27 heavy (non-hydrogen) atoms. The van der Waals surface area contributed by atoms with Gasteiger partial charge in [0.1, 0.15) is 5.56 Å². The third-order valence-corrected chi connectivity index (χ3v) is 4.30. The number of carbonyl (C=O) groups is 2. The van der Waals surface area contributed by atoms with Crippen LogP contribution in [0.15, 0.2) is 12.1 Å². The summed E-state index contributed by atoms with van der Waals surface area (Å²) >= 11 is 0. The number of benzene rings is 1. The Balaban J connectivity index is 2.10. The predicted octanol–water partition coefficient (Wildman–Crippen LogP) is 1.96. The maximum absolute atomic E-state index is 12.6. The first-order chi connectivity index (χ1) is 12.9. The third kappa shape index (κ3) is 4.78. The molecule has 1 heterocycles. The third-order valence-electron chi connectivity index (χ3n) is 4.30. The van der Waals surface area contributed by atoms with E-state index in [4.69, 9.17) is 14.2 Å². The molecular weight excluding hydrogens is 358 g/mol. The Kier molecular flexibility index (Phi) is 6.80. The van der Waals surface area contributed by atoms with Crippen LogP contribution in [0.25, 0.3) is 0 Å². The first kappa shape index (κ1) is 20.3. The van der Waals surface area contributed by atoms with E-state index in [0.29, 0.717) is 32.5 Å².